The van der Waals surface area contributed by atoms with Crippen LogP contribution >= 0.6 is 0 Å². The third-order valence-electron chi connectivity index (χ3n) is 2.41. The zero-order valence-corrected chi connectivity index (χ0v) is 8.91. The molecule has 0 spiro atoms. The summed E-state index contributed by atoms with van der Waals surface area (Å²) in [6.07, 6.45) is -4.36. The van der Waals surface area contributed by atoms with E-state index in [9.17, 15) is 13.2 Å². The van der Waals surface area contributed by atoms with Crippen molar-refractivity contribution in [3.05, 3.63) is 77.7 Å². The first-order valence-electron chi connectivity index (χ1n) is 5.14. The quantitative estimate of drug-likeness (QED) is 0.731. The van der Waals surface area contributed by atoms with E-state index in [0.717, 1.165) is 0 Å². The van der Waals surface area contributed by atoms with E-state index in [0.29, 0.717) is 0 Å². The van der Waals surface area contributed by atoms with Crippen LogP contribution in [0.2, 0.25) is 0 Å². The monoisotopic (exact) mass is 235 g/mol. The predicted molar refractivity (Wildman–Crippen MR) is 60.4 cm³/mol. The average molecular weight is 235 g/mol. The first-order valence-corrected chi connectivity index (χ1v) is 5.14. The fourth-order valence-electron chi connectivity index (χ4n) is 1.70. The van der Waals surface area contributed by atoms with Gasteiger partial charge < -0.3 is 0 Å². The Morgan fingerprint density at radius 2 is 1.00 bits per heavy atom. The van der Waals surface area contributed by atoms with Gasteiger partial charge in [-0.05, 0) is 11.1 Å². The number of halogens is 3. The molecule has 0 atom stereocenters. The van der Waals surface area contributed by atoms with E-state index in [2.05, 4.69) is 0 Å². The van der Waals surface area contributed by atoms with Gasteiger partial charge in [-0.3, -0.25) is 0 Å². The third kappa shape index (κ3) is 2.67. The van der Waals surface area contributed by atoms with Crippen LogP contribution in [0.1, 0.15) is 11.1 Å². The second-order valence-electron chi connectivity index (χ2n) is 3.60. The van der Waals surface area contributed by atoms with Gasteiger partial charge in [-0.1, -0.05) is 60.7 Å². The summed E-state index contributed by atoms with van der Waals surface area (Å²) in [5.41, 5.74) is 0.373. The highest BCUT2D eigenvalue weighted by atomic mass is 19.4. The minimum atomic E-state index is -4.36. The van der Waals surface area contributed by atoms with Gasteiger partial charge in [0.15, 0.2) is 0 Å². The number of rotatable bonds is 2. The van der Waals surface area contributed by atoms with Gasteiger partial charge in [-0.15, -0.1) is 0 Å². The summed E-state index contributed by atoms with van der Waals surface area (Å²) in [5, 5.41) is 0. The van der Waals surface area contributed by atoms with Crippen molar-refractivity contribution in [3.8, 4) is 0 Å². The van der Waals surface area contributed by atoms with Gasteiger partial charge in [0.05, 0.1) is 0 Å². The SMILES string of the molecule is FC(F)(F)[C](c1ccccc1)c1ccccc1. The van der Waals surface area contributed by atoms with Crippen LogP contribution in [0.3, 0.4) is 0 Å². The van der Waals surface area contributed by atoms with Crippen LogP contribution in [0.15, 0.2) is 60.7 Å². The van der Waals surface area contributed by atoms with E-state index in [-0.39, 0.29) is 11.1 Å². The van der Waals surface area contributed by atoms with Gasteiger partial charge in [-0.2, -0.15) is 13.2 Å². The summed E-state index contributed by atoms with van der Waals surface area (Å²) in [5.74, 6) is -0.598. The Labute approximate surface area is 97.7 Å². The molecule has 0 amide bonds. The molecule has 0 nitrogen and oxygen atoms in total. The molecule has 0 aliphatic rings. The zero-order valence-electron chi connectivity index (χ0n) is 8.91. The normalized spacial score (nSPS) is 11.8. The van der Waals surface area contributed by atoms with Crippen molar-refractivity contribution in [2.45, 2.75) is 6.18 Å². The largest absolute Gasteiger partial charge is 0.403 e. The maximum Gasteiger partial charge on any atom is 0.403 e. The number of hydrogen-bond donors (Lipinski definition) is 0. The third-order valence-corrected chi connectivity index (χ3v) is 2.41. The number of benzene rings is 2. The second-order valence-corrected chi connectivity index (χ2v) is 3.60. The molecule has 2 rings (SSSR count). The lowest BCUT2D eigenvalue weighted by Gasteiger charge is -2.20. The highest BCUT2D eigenvalue weighted by Crippen LogP contribution is 2.38. The Morgan fingerprint density at radius 1 is 0.647 bits per heavy atom. The molecule has 0 saturated carbocycles. The molecule has 2 aromatic rings. The Hall–Kier alpha value is -1.77. The summed E-state index contributed by atoms with van der Waals surface area (Å²) >= 11 is 0. The first kappa shape index (κ1) is 11.7. The lowest BCUT2D eigenvalue weighted by Crippen LogP contribution is -2.22. The Morgan fingerprint density at radius 3 is 1.29 bits per heavy atom. The van der Waals surface area contributed by atoms with Crippen LogP contribution in [-0.4, -0.2) is 6.18 Å². The van der Waals surface area contributed by atoms with Crippen LogP contribution in [0.5, 0.6) is 0 Å². The molecule has 0 aliphatic carbocycles. The summed E-state index contributed by atoms with van der Waals surface area (Å²) in [4.78, 5) is 0. The van der Waals surface area contributed by atoms with Gasteiger partial charge in [-0.25, -0.2) is 0 Å². The smallest absolute Gasteiger partial charge is 0.170 e. The standard InChI is InChI=1S/C14H10F3/c15-14(16,17)13(11-7-3-1-4-8-11)12-9-5-2-6-10-12/h1-10H. The maximum absolute atomic E-state index is 13.1. The van der Waals surface area contributed by atoms with Crippen molar-refractivity contribution < 1.29 is 13.2 Å². The van der Waals surface area contributed by atoms with Crippen molar-refractivity contribution in [1.82, 2.24) is 0 Å². The molecule has 0 N–H and O–H groups in total. The summed E-state index contributed by atoms with van der Waals surface area (Å²) in [6, 6.07) is 15.7. The second kappa shape index (κ2) is 4.62. The van der Waals surface area contributed by atoms with E-state index in [1.54, 1.807) is 36.4 Å². The number of hydrogen-bond acceptors (Lipinski definition) is 0. The minimum absolute atomic E-state index is 0.186. The maximum atomic E-state index is 13.1. The lowest BCUT2D eigenvalue weighted by atomic mass is 9.91. The predicted octanol–water partition coefficient (Wildman–Crippen LogP) is 4.22. The highest BCUT2D eigenvalue weighted by molar-refractivity contribution is 5.47. The molecule has 3 heteroatoms. The number of alkyl halides is 3. The van der Waals surface area contributed by atoms with Crippen LogP contribution < -0.4 is 0 Å². The van der Waals surface area contributed by atoms with Crippen LogP contribution in [0.4, 0.5) is 13.2 Å². The van der Waals surface area contributed by atoms with Gasteiger partial charge >= 0.3 is 6.18 Å². The Bertz CT molecular complexity index is 420. The van der Waals surface area contributed by atoms with Crippen LogP contribution in [0, 0.1) is 5.92 Å². The topological polar surface area (TPSA) is 0 Å². The lowest BCUT2D eigenvalue weighted by molar-refractivity contribution is -0.105. The van der Waals surface area contributed by atoms with E-state index in [1.807, 2.05) is 0 Å². The van der Waals surface area contributed by atoms with E-state index >= 15 is 0 Å². The molecule has 0 aliphatic heterocycles. The minimum Gasteiger partial charge on any atom is -0.170 e. The Kier molecular flexibility index (Phi) is 3.18. The highest BCUT2D eigenvalue weighted by Gasteiger charge is 2.42. The molecule has 0 heterocycles. The summed E-state index contributed by atoms with van der Waals surface area (Å²) in [7, 11) is 0. The van der Waals surface area contributed by atoms with Crippen molar-refractivity contribution in [2.75, 3.05) is 0 Å². The summed E-state index contributed by atoms with van der Waals surface area (Å²) in [6.45, 7) is 0. The first-order chi connectivity index (χ1) is 8.09. The molecule has 0 bridgehead atoms. The van der Waals surface area contributed by atoms with Crippen LogP contribution in [-0.2, 0) is 0 Å². The molecule has 0 unspecified atom stereocenters. The zero-order chi connectivity index (χ0) is 12.3. The summed E-state index contributed by atoms with van der Waals surface area (Å²) < 4.78 is 39.2. The van der Waals surface area contributed by atoms with Gasteiger partial charge in [0.25, 0.3) is 0 Å². The molecule has 0 saturated heterocycles. The molecule has 0 aromatic heterocycles. The average Bonchev–Trinajstić information content (AvgIpc) is 2.30. The molecular formula is C14H10F3. The molecule has 1 radical (unpaired) electrons. The fourth-order valence-corrected chi connectivity index (χ4v) is 1.70. The van der Waals surface area contributed by atoms with E-state index < -0.39 is 12.1 Å². The van der Waals surface area contributed by atoms with E-state index in [1.165, 1.54) is 24.3 Å². The molecular weight excluding hydrogens is 225 g/mol. The van der Waals surface area contributed by atoms with Gasteiger partial charge in [0.1, 0.15) is 5.92 Å². The van der Waals surface area contributed by atoms with Crippen molar-refractivity contribution in [2.24, 2.45) is 0 Å². The van der Waals surface area contributed by atoms with Gasteiger partial charge in [0.2, 0.25) is 0 Å². The fraction of sp³-hybridized carbons (Fsp3) is 0.0714. The molecule has 17 heavy (non-hydrogen) atoms. The van der Waals surface area contributed by atoms with Crippen molar-refractivity contribution in [1.29, 1.82) is 0 Å². The molecule has 87 valence electrons. The van der Waals surface area contributed by atoms with E-state index in [4.69, 9.17) is 0 Å². The van der Waals surface area contributed by atoms with Crippen LogP contribution in [0.25, 0.3) is 0 Å². The Balaban J connectivity index is 2.48. The van der Waals surface area contributed by atoms with Crippen molar-refractivity contribution in [3.63, 3.8) is 0 Å². The molecule has 2 aromatic carbocycles. The van der Waals surface area contributed by atoms with Crippen molar-refractivity contribution >= 4 is 0 Å². The van der Waals surface area contributed by atoms with Gasteiger partial charge in [0, 0.05) is 0 Å². The molecule has 0 fully saturated rings.